The van der Waals surface area contributed by atoms with Crippen LogP contribution in [0.1, 0.15) is 17.3 Å². The van der Waals surface area contributed by atoms with Crippen LogP contribution in [0.25, 0.3) is 0 Å². The normalized spacial score (nSPS) is 9.76. The number of benzene rings is 1. The molecule has 0 spiro atoms. The van der Waals surface area contributed by atoms with E-state index in [0.29, 0.717) is 15.7 Å². The monoisotopic (exact) mass is 300 g/mol. The first kappa shape index (κ1) is 13.5. The smallest absolute Gasteiger partial charge is 0.325 e. The maximum atomic E-state index is 11.7. The number of esters is 1. The Morgan fingerprint density at radius 3 is 2.82 bits per heavy atom. The van der Waals surface area contributed by atoms with Crippen molar-refractivity contribution in [3.63, 3.8) is 0 Å². The number of ether oxygens (including phenoxy) is 1. The molecule has 17 heavy (non-hydrogen) atoms. The topological polar surface area (TPSA) is 81.4 Å². The highest BCUT2D eigenvalue weighted by Gasteiger charge is 2.11. The minimum Gasteiger partial charge on any atom is -0.465 e. The Morgan fingerprint density at radius 2 is 2.18 bits per heavy atom. The molecule has 0 unspecified atom stereocenters. The molecule has 92 valence electrons. The van der Waals surface area contributed by atoms with E-state index in [1.54, 1.807) is 19.1 Å². The summed E-state index contributed by atoms with van der Waals surface area (Å²) in [4.78, 5) is 22.8. The largest absolute Gasteiger partial charge is 0.465 e. The maximum absolute atomic E-state index is 11.7. The number of halogens is 1. The molecular weight excluding hydrogens is 288 g/mol. The molecule has 1 aromatic carbocycles. The molecule has 0 aliphatic carbocycles. The van der Waals surface area contributed by atoms with Crippen LogP contribution in [0.4, 0.5) is 5.69 Å². The first-order chi connectivity index (χ1) is 8.04. The highest BCUT2D eigenvalue weighted by molar-refractivity contribution is 9.10. The standard InChI is InChI=1S/C11H13BrN2O3/c1-2-17-10(15)6-14-11(16)8-5-7(13)3-4-9(8)12/h3-5H,2,6,13H2,1H3,(H,14,16). The van der Waals surface area contributed by atoms with E-state index in [2.05, 4.69) is 21.2 Å². The zero-order valence-corrected chi connectivity index (χ0v) is 10.9. The Balaban J connectivity index is 2.64. The van der Waals surface area contributed by atoms with Crippen molar-refractivity contribution >= 4 is 33.5 Å². The Labute approximate surface area is 107 Å². The van der Waals surface area contributed by atoms with E-state index in [1.807, 2.05) is 0 Å². The van der Waals surface area contributed by atoms with Gasteiger partial charge in [-0.2, -0.15) is 0 Å². The Hall–Kier alpha value is -1.56. The Bertz CT molecular complexity index is 435. The molecule has 1 amide bonds. The lowest BCUT2D eigenvalue weighted by atomic mass is 10.2. The molecule has 1 rings (SSSR count). The third kappa shape index (κ3) is 4.07. The summed E-state index contributed by atoms with van der Waals surface area (Å²) < 4.78 is 5.31. The summed E-state index contributed by atoms with van der Waals surface area (Å²) in [5, 5.41) is 2.45. The molecule has 0 aliphatic heterocycles. The third-order valence-electron chi connectivity index (χ3n) is 1.93. The minimum absolute atomic E-state index is 0.159. The predicted octanol–water partition coefficient (Wildman–Crippen LogP) is 1.32. The van der Waals surface area contributed by atoms with E-state index in [9.17, 15) is 9.59 Å². The Kier molecular flexibility index (Phi) is 4.96. The lowest BCUT2D eigenvalue weighted by Gasteiger charge is -2.07. The van der Waals surface area contributed by atoms with Gasteiger partial charge in [0.15, 0.2) is 0 Å². The average molecular weight is 301 g/mol. The van der Waals surface area contributed by atoms with Crippen molar-refractivity contribution in [3.8, 4) is 0 Å². The average Bonchev–Trinajstić information content (AvgIpc) is 2.29. The van der Waals surface area contributed by atoms with Gasteiger partial charge in [0.05, 0.1) is 12.2 Å². The lowest BCUT2D eigenvalue weighted by molar-refractivity contribution is -0.141. The number of nitrogens with two attached hydrogens (primary N) is 1. The number of hydrogen-bond acceptors (Lipinski definition) is 4. The van der Waals surface area contributed by atoms with Gasteiger partial charge in [-0.3, -0.25) is 9.59 Å². The molecule has 1 aromatic rings. The SMILES string of the molecule is CCOC(=O)CNC(=O)c1cc(N)ccc1Br. The number of amides is 1. The van der Waals surface area contributed by atoms with E-state index < -0.39 is 5.97 Å². The highest BCUT2D eigenvalue weighted by atomic mass is 79.9. The van der Waals surface area contributed by atoms with Gasteiger partial charge in [0.1, 0.15) is 6.54 Å². The fraction of sp³-hybridized carbons (Fsp3) is 0.273. The molecule has 0 fully saturated rings. The van der Waals surface area contributed by atoms with Gasteiger partial charge < -0.3 is 15.8 Å². The third-order valence-corrected chi connectivity index (χ3v) is 2.63. The zero-order valence-electron chi connectivity index (χ0n) is 9.33. The van der Waals surface area contributed by atoms with Gasteiger partial charge >= 0.3 is 5.97 Å². The number of carbonyl (C=O) groups excluding carboxylic acids is 2. The van der Waals surface area contributed by atoms with Crippen LogP contribution in [0.2, 0.25) is 0 Å². The molecular formula is C11H13BrN2O3. The lowest BCUT2D eigenvalue weighted by Crippen LogP contribution is -2.30. The second kappa shape index (κ2) is 6.24. The van der Waals surface area contributed by atoms with Crippen LogP contribution in [0.15, 0.2) is 22.7 Å². The van der Waals surface area contributed by atoms with Gasteiger partial charge in [-0.1, -0.05) is 0 Å². The molecule has 3 N–H and O–H groups in total. The zero-order chi connectivity index (χ0) is 12.8. The first-order valence-electron chi connectivity index (χ1n) is 5.03. The van der Waals surface area contributed by atoms with Crippen molar-refractivity contribution in [1.82, 2.24) is 5.32 Å². The van der Waals surface area contributed by atoms with Crippen molar-refractivity contribution in [1.29, 1.82) is 0 Å². The van der Waals surface area contributed by atoms with Crippen LogP contribution < -0.4 is 11.1 Å². The predicted molar refractivity (Wildman–Crippen MR) is 67.5 cm³/mol. The number of anilines is 1. The molecule has 6 heteroatoms. The number of carbonyl (C=O) groups is 2. The number of hydrogen-bond donors (Lipinski definition) is 2. The summed E-state index contributed by atoms with van der Waals surface area (Å²) in [5.41, 5.74) is 6.44. The number of nitrogen functional groups attached to an aromatic ring is 1. The summed E-state index contributed by atoms with van der Waals surface area (Å²) in [6, 6.07) is 4.88. The molecule has 0 heterocycles. The summed E-state index contributed by atoms with van der Waals surface area (Å²) in [7, 11) is 0. The molecule has 5 nitrogen and oxygen atoms in total. The molecule has 0 aliphatic rings. The molecule has 0 atom stereocenters. The van der Waals surface area contributed by atoms with Gasteiger partial charge in [-0.25, -0.2) is 0 Å². The fourth-order valence-corrected chi connectivity index (χ4v) is 1.60. The van der Waals surface area contributed by atoms with Crippen LogP contribution >= 0.6 is 15.9 Å². The van der Waals surface area contributed by atoms with Gasteiger partial charge in [-0.15, -0.1) is 0 Å². The summed E-state index contributed by atoms with van der Waals surface area (Å²) >= 11 is 3.24. The molecule has 0 saturated heterocycles. The minimum atomic E-state index is -0.471. The van der Waals surface area contributed by atoms with Gasteiger partial charge in [0, 0.05) is 10.2 Å². The number of nitrogens with one attached hydrogen (secondary N) is 1. The molecule has 0 bridgehead atoms. The van der Waals surface area contributed by atoms with E-state index in [-0.39, 0.29) is 19.1 Å². The Morgan fingerprint density at radius 1 is 1.47 bits per heavy atom. The van der Waals surface area contributed by atoms with Gasteiger partial charge in [0.2, 0.25) is 0 Å². The van der Waals surface area contributed by atoms with E-state index in [0.717, 1.165) is 0 Å². The van der Waals surface area contributed by atoms with Crippen molar-refractivity contribution in [2.45, 2.75) is 6.92 Å². The highest BCUT2D eigenvalue weighted by Crippen LogP contribution is 2.19. The van der Waals surface area contributed by atoms with Crippen LogP contribution in [-0.4, -0.2) is 25.0 Å². The van der Waals surface area contributed by atoms with Crippen LogP contribution in [0, 0.1) is 0 Å². The van der Waals surface area contributed by atoms with E-state index >= 15 is 0 Å². The maximum Gasteiger partial charge on any atom is 0.325 e. The second-order valence-corrected chi connectivity index (χ2v) is 4.08. The quantitative estimate of drug-likeness (QED) is 0.649. The van der Waals surface area contributed by atoms with Gasteiger partial charge in [-0.05, 0) is 41.1 Å². The molecule has 0 aromatic heterocycles. The summed E-state index contributed by atoms with van der Waals surface area (Å²) in [5.74, 6) is -0.849. The van der Waals surface area contributed by atoms with E-state index in [4.69, 9.17) is 10.5 Å². The van der Waals surface area contributed by atoms with Crippen LogP contribution in [-0.2, 0) is 9.53 Å². The van der Waals surface area contributed by atoms with Crippen molar-refractivity contribution < 1.29 is 14.3 Å². The summed E-state index contributed by atoms with van der Waals surface area (Å²) in [6.07, 6.45) is 0. The van der Waals surface area contributed by atoms with Crippen molar-refractivity contribution in [2.75, 3.05) is 18.9 Å². The van der Waals surface area contributed by atoms with Crippen molar-refractivity contribution in [2.24, 2.45) is 0 Å². The second-order valence-electron chi connectivity index (χ2n) is 3.23. The van der Waals surface area contributed by atoms with Crippen LogP contribution in [0.5, 0.6) is 0 Å². The van der Waals surface area contributed by atoms with Gasteiger partial charge in [0.25, 0.3) is 5.91 Å². The summed E-state index contributed by atoms with van der Waals surface area (Å²) in [6.45, 7) is 1.83. The first-order valence-corrected chi connectivity index (χ1v) is 5.82. The molecule has 0 saturated carbocycles. The molecule has 0 radical (unpaired) electrons. The number of rotatable bonds is 4. The van der Waals surface area contributed by atoms with E-state index in [1.165, 1.54) is 6.07 Å². The van der Waals surface area contributed by atoms with Crippen LogP contribution in [0.3, 0.4) is 0 Å². The fourth-order valence-electron chi connectivity index (χ4n) is 1.18. The van der Waals surface area contributed by atoms with Crippen molar-refractivity contribution in [3.05, 3.63) is 28.2 Å².